The highest BCUT2D eigenvalue weighted by atomic mass is 32.1. The van der Waals surface area contributed by atoms with Crippen LogP contribution in [-0.4, -0.2) is 9.97 Å². The van der Waals surface area contributed by atoms with Crippen LogP contribution in [0.5, 0.6) is 0 Å². The number of rotatable bonds is 1. The molecular weight excluding hydrogens is 212 g/mol. The number of thiophene rings is 1. The molecule has 0 aliphatic rings. The molecule has 0 unspecified atom stereocenters. The lowest BCUT2D eigenvalue weighted by molar-refractivity contribution is 0.958. The largest absolute Gasteiger partial charge is 0.334 e. The molecule has 0 fully saturated rings. The number of hydrogen-bond acceptors (Lipinski definition) is 3. The van der Waals surface area contributed by atoms with Crippen molar-refractivity contribution in [3.8, 4) is 0 Å². The standard InChI is InChI=1S/C10H12N2S2/c1-4-7-11-9(13)8-5(2)6(3)14-10(8)12-7/h4H2,1-3H3,(H,11,12,13). The van der Waals surface area contributed by atoms with E-state index in [4.69, 9.17) is 12.2 Å². The highest BCUT2D eigenvalue weighted by Gasteiger charge is 2.08. The van der Waals surface area contributed by atoms with Crippen molar-refractivity contribution in [1.82, 2.24) is 9.97 Å². The lowest BCUT2D eigenvalue weighted by Gasteiger charge is -1.97. The molecule has 14 heavy (non-hydrogen) atoms. The molecule has 0 radical (unpaired) electrons. The molecule has 0 bridgehead atoms. The quantitative estimate of drug-likeness (QED) is 0.751. The van der Waals surface area contributed by atoms with Gasteiger partial charge in [-0.2, -0.15) is 0 Å². The fourth-order valence-corrected chi connectivity index (χ4v) is 2.96. The zero-order valence-corrected chi connectivity index (χ0v) is 10.1. The summed E-state index contributed by atoms with van der Waals surface area (Å²) in [5.74, 6) is 0.976. The van der Waals surface area contributed by atoms with Gasteiger partial charge < -0.3 is 4.98 Å². The molecule has 0 saturated heterocycles. The number of nitrogens with zero attached hydrogens (tertiary/aromatic N) is 1. The molecule has 2 nitrogen and oxygen atoms in total. The van der Waals surface area contributed by atoms with Gasteiger partial charge in [0.05, 0.1) is 0 Å². The summed E-state index contributed by atoms with van der Waals surface area (Å²) in [6.45, 7) is 6.29. The Morgan fingerprint density at radius 2 is 2.14 bits per heavy atom. The first-order valence-corrected chi connectivity index (χ1v) is 5.84. The summed E-state index contributed by atoms with van der Waals surface area (Å²) in [4.78, 5) is 10.1. The second-order valence-electron chi connectivity index (χ2n) is 3.33. The third-order valence-electron chi connectivity index (χ3n) is 2.42. The Morgan fingerprint density at radius 3 is 2.79 bits per heavy atom. The van der Waals surface area contributed by atoms with E-state index in [0.29, 0.717) is 0 Å². The van der Waals surface area contributed by atoms with Crippen molar-refractivity contribution in [2.75, 3.05) is 0 Å². The first kappa shape index (κ1) is 9.80. The van der Waals surface area contributed by atoms with Crippen LogP contribution in [-0.2, 0) is 6.42 Å². The zero-order valence-electron chi connectivity index (χ0n) is 8.47. The number of H-pyrrole nitrogens is 1. The highest BCUT2D eigenvalue weighted by molar-refractivity contribution is 7.71. The second-order valence-corrected chi connectivity index (χ2v) is 4.94. The summed E-state index contributed by atoms with van der Waals surface area (Å²) in [6.07, 6.45) is 0.898. The van der Waals surface area contributed by atoms with E-state index in [2.05, 4.69) is 30.7 Å². The Kier molecular flexibility index (Phi) is 2.41. The molecule has 0 amide bonds. The van der Waals surface area contributed by atoms with Gasteiger partial charge in [0, 0.05) is 16.7 Å². The molecule has 74 valence electrons. The first-order chi connectivity index (χ1) is 6.63. The smallest absolute Gasteiger partial charge is 0.128 e. The average molecular weight is 224 g/mol. The Bertz CT molecular complexity index is 537. The van der Waals surface area contributed by atoms with Gasteiger partial charge in [-0.1, -0.05) is 19.1 Å². The first-order valence-electron chi connectivity index (χ1n) is 4.62. The minimum absolute atomic E-state index is 0.828. The van der Waals surface area contributed by atoms with Crippen molar-refractivity contribution in [3.63, 3.8) is 0 Å². The Hall–Kier alpha value is -0.740. The van der Waals surface area contributed by atoms with Gasteiger partial charge in [0.15, 0.2) is 0 Å². The number of fused-ring (bicyclic) bond motifs is 1. The van der Waals surface area contributed by atoms with E-state index in [0.717, 1.165) is 27.1 Å². The monoisotopic (exact) mass is 224 g/mol. The van der Waals surface area contributed by atoms with Crippen LogP contribution >= 0.6 is 23.6 Å². The van der Waals surface area contributed by atoms with Crippen molar-refractivity contribution in [1.29, 1.82) is 0 Å². The van der Waals surface area contributed by atoms with E-state index in [1.165, 1.54) is 10.4 Å². The molecule has 4 heteroatoms. The molecule has 0 spiro atoms. The van der Waals surface area contributed by atoms with Crippen molar-refractivity contribution >= 4 is 33.8 Å². The predicted molar refractivity (Wildman–Crippen MR) is 63.7 cm³/mol. The maximum atomic E-state index is 5.32. The van der Waals surface area contributed by atoms with Gasteiger partial charge in [0.2, 0.25) is 0 Å². The minimum atomic E-state index is 0.828. The summed E-state index contributed by atoms with van der Waals surface area (Å²) < 4.78 is 0.828. The number of aromatic amines is 1. The molecule has 0 aliphatic carbocycles. The number of nitrogens with one attached hydrogen (secondary N) is 1. The van der Waals surface area contributed by atoms with Crippen molar-refractivity contribution in [2.45, 2.75) is 27.2 Å². The Balaban J connectivity index is 2.90. The molecule has 0 saturated carbocycles. The van der Waals surface area contributed by atoms with Crippen molar-refractivity contribution in [2.24, 2.45) is 0 Å². The van der Waals surface area contributed by atoms with Gasteiger partial charge >= 0.3 is 0 Å². The van der Waals surface area contributed by atoms with E-state index in [9.17, 15) is 0 Å². The predicted octanol–water partition coefficient (Wildman–Crippen LogP) is 3.53. The van der Waals surface area contributed by atoms with Gasteiger partial charge in [0.25, 0.3) is 0 Å². The zero-order chi connectivity index (χ0) is 10.3. The molecule has 2 rings (SSSR count). The molecule has 2 heterocycles. The van der Waals surface area contributed by atoms with Crippen molar-refractivity contribution < 1.29 is 0 Å². The summed E-state index contributed by atoms with van der Waals surface area (Å²) >= 11 is 7.04. The maximum Gasteiger partial charge on any atom is 0.128 e. The van der Waals surface area contributed by atoms with E-state index in [-0.39, 0.29) is 0 Å². The van der Waals surface area contributed by atoms with Crippen LogP contribution in [0.2, 0.25) is 0 Å². The molecule has 0 atom stereocenters. The summed E-state index contributed by atoms with van der Waals surface area (Å²) in [5.41, 5.74) is 1.27. The van der Waals surface area contributed by atoms with Crippen LogP contribution in [0.15, 0.2) is 0 Å². The van der Waals surface area contributed by atoms with Gasteiger partial charge in [0.1, 0.15) is 15.3 Å². The SMILES string of the molecule is CCc1nc2sc(C)c(C)c2c(=S)[nH]1. The Labute approximate surface area is 92.0 Å². The summed E-state index contributed by atoms with van der Waals surface area (Å²) in [6, 6.07) is 0. The van der Waals surface area contributed by atoms with Crippen LogP contribution in [0, 0.1) is 18.5 Å². The lowest BCUT2D eigenvalue weighted by Crippen LogP contribution is -1.92. The normalized spacial score (nSPS) is 11.1. The number of hydrogen-bond donors (Lipinski definition) is 1. The third-order valence-corrected chi connectivity index (χ3v) is 3.83. The average Bonchev–Trinajstić information content (AvgIpc) is 2.43. The fraction of sp³-hybridized carbons (Fsp3) is 0.400. The fourth-order valence-electron chi connectivity index (χ4n) is 1.47. The second kappa shape index (κ2) is 3.44. The van der Waals surface area contributed by atoms with E-state index in [1.807, 2.05) is 0 Å². The highest BCUT2D eigenvalue weighted by Crippen LogP contribution is 2.28. The third kappa shape index (κ3) is 1.38. The lowest BCUT2D eigenvalue weighted by atomic mass is 10.2. The summed E-state index contributed by atoms with van der Waals surface area (Å²) in [7, 11) is 0. The van der Waals surface area contributed by atoms with Gasteiger partial charge in [-0.3, -0.25) is 0 Å². The van der Waals surface area contributed by atoms with Gasteiger partial charge in [-0.05, 0) is 19.4 Å². The molecule has 2 aromatic rings. The number of aromatic nitrogens is 2. The van der Waals surface area contributed by atoms with E-state index >= 15 is 0 Å². The van der Waals surface area contributed by atoms with Gasteiger partial charge in [-0.15, -0.1) is 11.3 Å². The van der Waals surface area contributed by atoms with Crippen LogP contribution in [0.25, 0.3) is 10.2 Å². The van der Waals surface area contributed by atoms with E-state index in [1.54, 1.807) is 11.3 Å². The van der Waals surface area contributed by atoms with Crippen LogP contribution < -0.4 is 0 Å². The molecule has 0 aliphatic heterocycles. The Morgan fingerprint density at radius 1 is 1.43 bits per heavy atom. The van der Waals surface area contributed by atoms with Crippen LogP contribution in [0.3, 0.4) is 0 Å². The van der Waals surface area contributed by atoms with Crippen LogP contribution in [0.4, 0.5) is 0 Å². The van der Waals surface area contributed by atoms with Gasteiger partial charge in [-0.25, -0.2) is 4.98 Å². The van der Waals surface area contributed by atoms with Crippen molar-refractivity contribution in [3.05, 3.63) is 20.9 Å². The molecular formula is C10H12N2S2. The minimum Gasteiger partial charge on any atom is -0.334 e. The number of aryl methyl sites for hydroxylation is 3. The molecule has 1 N–H and O–H groups in total. The topological polar surface area (TPSA) is 28.7 Å². The molecule has 0 aromatic carbocycles. The van der Waals surface area contributed by atoms with E-state index < -0.39 is 0 Å². The summed E-state index contributed by atoms with van der Waals surface area (Å²) in [5, 5.41) is 1.12. The maximum absolute atomic E-state index is 5.32. The van der Waals surface area contributed by atoms with Crippen LogP contribution in [0.1, 0.15) is 23.2 Å². The molecule has 2 aromatic heterocycles.